The zero-order valence-electron chi connectivity index (χ0n) is 15.7. The van der Waals surface area contributed by atoms with E-state index in [-0.39, 0.29) is 18.4 Å². The summed E-state index contributed by atoms with van der Waals surface area (Å²) >= 11 is 0. The molecule has 1 heterocycles. The number of nitrogens with two attached hydrogens (primary N) is 1. The van der Waals surface area contributed by atoms with E-state index in [1.165, 1.54) is 11.8 Å². The molecule has 0 unspecified atom stereocenters. The molecule has 26 heavy (non-hydrogen) atoms. The minimum absolute atomic E-state index is 0.00446. The lowest BCUT2D eigenvalue weighted by Crippen LogP contribution is -2.27. The molecule has 0 aliphatic carbocycles. The third-order valence-corrected chi connectivity index (χ3v) is 3.64. The van der Waals surface area contributed by atoms with Gasteiger partial charge in [-0.3, -0.25) is 9.59 Å². The summed E-state index contributed by atoms with van der Waals surface area (Å²) in [5, 5.41) is 9.74. The fourth-order valence-electron chi connectivity index (χ4n) is 2.21. The second-order valence-corrected chi connectivity index (χ2v) is 7.04. The van der Waals surface area contributed by atoms with E-state index in [4.69, 9.17) is 10.5 Å². The van der Waals surface area contributed by atoms with Crippen LogP contribution in [0.2, 0.25) is 0 Å². The Morgan fingerprint density at radius 2 is 1.92 bits per heavy atom. The fraction of sp³-hybridized carbons (Fsp3) is 0.389. The first-order valence-corrected chi connectivity index (χ1v) is 8.19. The quantitative estimate of drug-likeness (QED) is 0.759. The Morgan fingerprint density at radius 3 is 2.46 bits per heavy atom. The highest BCUT2D eigenvalue weighted by Gasteiger charge is 2.22. The normalized spacial score (nSPS) is 11.1. The Morgan fingerprint density at radius 1 is 1.23 bits per heavy atom. The molecule has 2 aromatic rings. The van der Waals surface area contributed by atoms with E-state index in [9.17, 15) is 9.59 Å². The molecule has 0 atom stereocenters. The van der Waals surface area contributed by atoms with Gasteiger partial charge in [-0.15, -0.1) is 0 Å². The van der Waals surface area contributed by atoms with Gasteiger partial charge in [-0.05, 0) is 19.1 Å². The lowest BCUT2D eigenvalue weighted by molar-refractivity contribution is -0.123. The predicted octanol–water partition coefficient (Wildman–Crippen LogP) is 2.41. The molecule has 0 spiro atoms. The number of nitrogens with zero attached hydrogens (tertiary/aromatic N) is 2. The topological polar surface area (TPSA) is 111 Å². The molecule has 8 heteroatoms. The van der Waals surface area contributed by atoms with Crippen LogP contribution < -0.4 is 21.1 Å². The number of benzene rings is 1. The summed E-state index contributed by atoms with van der Waals surface area (Å²) < 4.78 is 6.75. The van der Waals surface area contributed by atoms with Gasteiger partial charge in [0.1, 0.15) is 18.1 Å². The largest absolute Gasteiger partial charge is 0.494 e. The molecule has 1 aromatic carbocycles. The van der Waals surface area contributed by atoms with E-state index < -0.39 is 5.41 Å². The Labute approximate surface area is 152 Å². The summed E-state index contributed by atoms with van der Waals surface area (Å²) in [5.41, 5.74) is 7.09. The van der Waals surface area contributed by atoms with Gasteiger partial charge in [-0.1, -0.05) is 20.8 Å². The molecule has 0 radical (unpaired) electrons. The molecular weight excluding hydrogens is 334 g/mol. The van der Waals surface area contributed by atoms with Gasteiger partial charge in [0.15, 0.2) is 0 Å². The van der Waals surface area contributed by atoms with Crippen molar-refractivity contribution in [2.45, 2.75) is 34.2 Å². The zero-order chi connectivity index (χ0) is 19.5. The highest BCUT2D eigenvalue weighted by molar-refractivity contribution is 5.97. The molecule has 0 aliphatic rings. The van der Waals surface area contributed by atoms with Gasteiger partial charge in [-0.25, -0.2) is 4.68 Å². The molecular formula is C18H25N5O3. The molecule has 0 saturated carbocycles. The smallest absolute Gasteiger partial charge is 0.246 e. The first kappa shape index (κ1) is 19.3. The van der Waals surface area contributed by atoms with Crippen LogP contribution in [0.15, 0.2) is 24.3 Å². The number of aromatic nitrogens is 2. The fourth-order valence-corrected chi connectivity index (χ4v) is 2.21. The maximum Gasteiger partial charge on any atom is 0.246 e. The first-order valence-electron chi connectivity index (χ1n) is 8.19. The standard InChI is InChI=1S/C18H25N5O3/c1-11-8-15(19)23(22-11)10-16(24)20-12-6-7-13(14(9-12)26-5)21-17(25)18(2,3)4/h6-9H,10,19H2,1-5H3,(H,20,24)(H,21,25). The number of hydrogen-bond acceptors (Lipinski definition) is 5. The van der Waals surface area contributed by atoms with E-state index in [1.807, 2.05) is 20.8 Å². The number of carbonyl (C=O) groups is 2. The SMILES string of the molecule is COc1cc(NC(=O)Cn2nc(C)cc2N)ccc1NC(=O)C(C)(C)C. The highest BCUT2D eigenvalue weighted by atomic mass is 16.5. The van der Waals surface area contributed by atoms with Crippen molar-refractivity contribution in [1.29, 1.82) is 0 Å². The van der Waals surface area contributed by atoms with E-state index in [0.717, 1.165) is 5.69 Å². The molecule has 0 aliphatic heterocycles. The molecule has 2 rings (SSSR count). The second-order valence-electron chi connectivity index (χ2n) is 7.04. The lowest BCUT2D eigenvalue weighted by Gasteiger charge is -2.19. The van der Waals surface area contributed by atoms with Crippen molar-refractivity contribution in [1.82, 2.24) is 9.78 Å². The van der Waals surface area contributed by atoms with Crippen LogP contribution in [-0.2, 0) is 16.1 Å². The summed E-state index contributed by atoms with van der Waals surface area (Å²) in [6.07, 6.45) is 0. The molecule has 4 N–H and O–H groups in total. The molecule has 1 aromatic heterocycles. The van der Waals surface area contributed by atoms with Crippen molar-refractivity contribution in [2.75, 3.05) is 23.5 Å². The van der Waals surface area contributed by atoms with Crippen LogP contribution in [0.5, 0.6) is 5.75 Å². The van der Waals surface area contributed by atoms with E-state index in [1.54, 1.807) is 31.2 Å². The molecule has 8 nitrogen and oxygen atoms in total. The Balaban J connectivity index is 2.09. The van der Waals surface area contributed by atoms with Crippen LogP contribution in [-0.4, -0.2) is 28.7 Å². The number of hydrogen-bond donors (Lipinski definition) is 3. The van der Waals surface area contributed by atoms with Gasteiger partial charge >= 0.3 is 0 Å². The Kier molecular flexibility index (Phi) is 5.54. The van der Waals surface area contributed by atoms with Gasteiger partial charge in [-0.2, -0.15) is 5.10 Å². The van der Waals surface area contributed by atoms with Crippen molar-refractivity contribution in [2.24, 2.45) is 5.41 Å². The van der Waals surface area contributed by atoms with Gasteiger partial charge in [0.2, 0.25) is 11.8 Å². The first-order chi connectivity index (χ1) is 12.1. The number of methoxy groups -OCH3 is 1. The summed E-state index contributed by atoms with van der Waals surface area (Å²) in [6.45, 7) is 7.29. The second kappa shape index (κ2) is 7.47. The molecule has 0 bridgehead atoms. The van der Waals surface area contributed by atoms with E-state index in [0.29, 0.717) is 22.9 Å². The van der Waals surface area contributed by atoms with Crippen LogP contribution in [0, 0.1) is 12.3 Å². The minimum Gasteiger partial charge on any atom is -0.494 e. The Hall–Kier alpha value is -3.03. The third-order valence-electron chi connectivity index (χ3n) is 3.64. The highest BCUT2D eigenvalue weighted by Crippen LogP contribution is 2.29. The van der Waals surface area contributed by atoms with Crippen LogP contribution in [0.1, 0.15) is 26.5 Å². The number of anilines is 3. The van der Waals surface area contributed by atoms with Crippen LogP contribution in [0.3, 0.4) is 0 Å². The number of ether oxygens (including phenoxy) is 1. The summed E-state index contributed by atoms with van der Waals surface area (Å²) in [6, 6.07) is 6.72. The van der Waals surface area contributed by atoms with Crippen LogP contribution in [0.4, 0.5) is 17.2 Å². The molecule has 140 valence electrons. The number of carbonyl (C=O) groups excluding carboxylic acids is 2. The maximum atomic E-state index is 12.2. The average molecular weight is 359 g/mol. The van der Waals surface area contributed by atoms with E-state index >= 15 is 0 Å². The Bertz CT molecular complexity index is 821. The maximum absolute atomic E-state index is 12.2. The minimum atomic E-state index is -0.528. The lowest BCUT2D eigenvalue weighted by atomic mass is 9.95. The van der Waals surface area contributed by atoms with Crippen molar-refractivity contribution in [3.05, 3.63) is 30.0 Å². The predicted molar refractivity (Wildman–Crippen MR) is 101 cm³/mol. The average Bonchev–Trinajstić information content (AvgIpc) is 2.85. The summed E-state index contributed by atoms with van der Waals surface area (Å²) in [4.78, 5) is 24.3. The van der Waals surface area contributed by atoms with Crippen molar-refractivity contribution < 1.29 is 14.3 Å². The number of aryl methyl sites for hydroxylation is 1. The van der Waals surface area contributed by atoms with Crippen molar-refractivity contribution >= 4 is 29.0 Å². The monoisotopic (exact) mass is 359 g/mol. The van der Waals surface area contributed by atoms with Gasteiger partial charge in [0.25, 0.3) is 0 Å². The zero-order valence-corrected chi connectivity index (χ0v) is 15.7. The van der Waals surface area contributed by atoms with Crippen LogP contribution in [0.25, 0.3) is 0 Å². The van der Waals surface area contributed by atoms with Crippen molar-refractivity contribution in [3.8, 4) is 5.75 Å². The van der Waals surface area contributed by atoms with Gasteiger partial charge < -0.3 is 21.1 Å². The third kappa shape index (κ3) is 4.75. The summed E-state index contributed by atoms with van der Waals surface area (Å²) in [5.74, 6) is 0.482. The van der Waals surface area contributed by atoms with Gasteiger partial charge in [0.05, 0.1) is 18.5 Å². The van der Waals surface area contributed by atoms with E-state index in [2.05, 4.69) is 15.7 Å². The number of rotatable bonds is 5. The molecule has 2 amide bonds. The van der Waals surface area contributed by atoms with Crippen LogP contribution >= 0.6 is 0 Å². The van der Waals surface area contributed by atoms with Crippen molar-refractivity contribution in [3.63, 3.8) is 0 Å². The number of amides is 2. The number of nitrogens with one attached hydrogen (secondary N) is 2. The molecule has 0 fully saturated rings. The number of nitrogen functional groups attached to an aromatic ring is 1. The summed E-state index contributed by atoms with van der Waals surface area (Å²) in [7, 11) is 1.50. The van der Waals surface area contributed by atoms with Gasteiger partial charge in [0, 0.05) is 23.2 Å². The molecule has 0 saturated heterocycles.